The molecular weight excluding hydrogens is 463 g/mol. The molecule has 3 rings (SSSR count). The molecule has 6 heteroatoms. The smallest absolute Gasteiger partial charge is 0.191 e. The van der Waals surface area contributed by atoms with Crippen LogP contribution in [0.2, 0.25) is 0 Å². The molecule has 0 bridgehead atoms. The predicted octanol–water partition coefficient (Wildman–Crippen LogP) is 3.48. The van der Waals surface area contributed by atoms with E-state index in [2.05, 4.69) is 76.8 Å². The maximum atomic E-state index is 5.91. The van der Waals surface area contributed by atoms with Gasteiger partial charge in [0.2, 0.25) is 0 Å². The van der Waals surface area contributed by atoms with Crippen molar-refractivity contribution in [2.45, 2.75) is 26.5 Å². The molecule has 0 aromatic heterocycles. The summed E-state index contributed by atoms with van der Waals surface area (Å²) in [6.07, 6.45) is 0.205. The standard InChI is InChI=1S/C22H32N4O.HI/c1-17(2)15-26-10-11-27-21(16-26)14-25-22(23-3)24-13-18-8-9-19-6-4-5-7-20(19)12-18;/h4-9,12,17,21H,10-11,13-16H2,1-3H3,(H2,23,24,25);1H. The number of aliphatic imine (C=N–C) groups is 1. The zero-order chi connectivity index (χ0) is 19.1. The Labute approximate surface area is 185 Å². The molecule has 0 radical (unpaired) electrons. The number of nitrogens with zero attached hydrogens (tertiary/aromatic N) is 2. The van der Waals surface area contributed by atoms with Gasteiger partial charge in [-0.1, -0.05) is 50.2 Å². The molecule has 0 spiro atoms. The van der Waals surface area contributed by atoms with Gasteiger partial charge in [0.1, 0.15) is 0 Å². The van der Waals surface area contributed by atoms with E-state index in [1.165, 1.54) is 16.3 Å². The SMILES string of the molecule is CN=C(NCc1ccc2ccccc2c1)NCC1CN(CC(C)C)CCO1.I. The number of hydrogen-bond donors (Lipinski definition) is 2. The third-order valence-electron chi connectivity index (χ3n) is 4.84. The first kappa shape index (κ1) is 22.9. The highest BCUT2D eigenvalue weighted by molar-refractivity contribution is 14.0. The molecule has 1 atom stereocenters. The highest BCUT2D eigenvalue weighted by Crippen LogP contribution is 2.15. The van der Waals surface area contributed by atoms with Gasteiger partial charge in [-0.25, -0.2) is 0 Å². The van der Waals surface area contributed by atoms with Crippen LogP contribution >= 0.6 is 24.0 Å². The summed E-state index contributed by atoms with van der Waals surface area (Å²) in [5, 5.41) is 9.34. The second-order valence-electron chi connectivity index (χ2n) is 7.63. The number of benzene rings is 2. The number of guanidine groups is 1. The lowest BCUT2D eigenvalue weighted by molar-refractivity contribution is -0.0284. The Hall–Kier alpha value is -1.38. The monoisotopic (exact) mass is 496 g/mol. The minimum absolute atomic E-state index is 0. The molecule has 154 valence electrons. The maximum Gasteiger partial charge on any atom is 0.191 e. The average Bonchev–Trinajstić information content (AvgIpc) is 2.68. The van der Waals surface area contributed by atoms with E-state index in [9.17, 15) is 0 Å². The van der Waals surface area contributed by atoms with Gasteiger partial charge in [0.05, 0.1) is 12.7 Å². The summed E-state index contributed by atoms with van der Waals surface area (Å²) in [5.74, 6) is 1.50. The highest BCUT2D eigenvalue weighted by atomic mass is 127. The van der Waals surface area contributed by atoms with E-state index in [0.29, 0.717) is 5.92 Å². The zero-order valence-electron chi connectivity index (χ0n) is 17.1. The molecule has 0 aliphatic carbocycles. The number of ether oxygens (including phenoxy) is 1. The third kappa shape index (κ3) is 6.90. The number of rotatable bonds is 6. The Kier molecular flexibility index (Phi) is 9.47. The third-order valence-corrected chi connectivity index (χ3v) is 4.84. The molecule has 2 aromatic rings. The second kappa shape index (κ2) is 11.6. The van der Waals surface area contributed by atoms with Crippen LogP contribution < -0.4 is 10.6 Å². The van der Waals surface area contributed by atoms with E-state index in [0.717, 1.165) is 45.3 Å². The van der Waals surface area contributed by atoms with Gasteiger partial charge in [-0.3, -0.25) is 9.89 Å². The lowest BCUT2D eigenvalue weighted by atomic mass is 10.1. The number of fused-ring (bicyclic) bond motifs is 1. The van der Waals surface area contributed by atoms with E-state index in [-0.39, 0.29) is 30.1 Å². The van der Waals surface area contributed by atoms with Crippen molar-refractivity contribution in [1.29, 1.82) is 0 Å². The van der Waals surface area contributed by atoms with Crippen LogP contribution in [-0.2, 0) is 11.3 Å². The summed E-state index contributed by atoms with van der Waals surface area (Å²) in [6, 6.07) is 15.0. The lowest BCUT2D eigenvalue weighted by Gasteiger charge is -2.34. The van der Waals surface area contributed by atoms with Crippen LogP contribution in [0, 0.1) is 5.92 Å². The Bertz CT molecular complexity index is 765. The maximum absolute atomic E-state index is 5.91. The molecule has 2 aromatic carbocycles. The topological polar surface area (TPSA) is 48.9 Å². The summed E-state index contributed by atoms with van der Waals surface area (Å²) in [7, 11) is 1.81. The van der Waals surface area contributed by atoms with Gasteiger partial charge in [0.25, 0.3) is 0 Å². The van der Waals surface area contributed by atoms with Gasteiger partial charge in [-0.15, -0.1) is 24.0 Å². The summed E-state index contributed by atoms with van der Waals surface area (Å²) in [6.45, 7) is 10.00. The number of halogens is 1. The molecular formula is C22H33IN4O. The fourth-order valence-electron chi connectivity index (χ4n) is 3.55. The highest BCUT2D eigenvalue weighted by Gasteiger charge is 2.21. The lowest BCUT2D eigenvalue weighted by Crippen LogP contribution is -2.50. The normalized spacial score (nSPS) is 18.1. The van der Waals surface area contributed by atoms with Crippen molar-refractivity contribution < 1.29 is 4.74 Å². The van der Waals surface area contributed by atoms with Gasteiger partial charge < -0.3 is 15.4 Å². The second-order valence-corrected chi connectivity index (χ2v) is 7.63. The van der Waals surface area contributed by atoms with Crippen LogP contribution in [0.25, 0.3) is 10.8 Å². The molecule has 1 aliphatic heterocycles. The van der Waals surface area contributed by atoms with Crippen molar-refractivity contribution in [3.05, 3.63) is 48.0 Å². The van der Waals surface area contributed by atoms with Crippen LogP contribution in [0.5, 0.6) is 0 Å². The zero-order valence-corrected chi connectivity index (χ0v) is 19.5. The Morgan fingerprint density at radius 3 is 2.71 bits per heavy atom. The summed E-state index contributed by atoms with van der Waals surface area (Å²) in [5.41, 5.74) is 1.24. The predicted molar refractivity (Wildman–Crippen MR) is 129 cm³/mol. The summed E-state index contributed by atoms with van der Waals surface area (Å²) >= 11 is 0. The van der Waals surface area contributed by atoms with Crippen molar-refractivity contribution in [3.8, 4) is 0 Å². The molecule has 28 heavy (non-hydrogen) atoms. The minimum atomic E-state index is 0. The molecule has 1 fully saturated rings. The van der Waals surface area contributed by atoms with E-state index in [1.807, 2.05) is 7.05 Å². The Balaban J connectivity index is 0.00000280. The van der Waals surface area contributed by atoms with Crippen LogP contribution in [0.3, 0.4) is 0 Å². The Morgan fingerprint density at radius 2 is 1.96 bits per heavy atom. The molecule has 0 saturated carbocycles. The quantitative estimate of drug-likeness (QED) is 0.366. The van der Waals surface area contributed by atoms with Crippen molar-refractivity contribution in [2.24, 2.45) is 10.9 Å². The molecule has 1 unspecified atom stereocenters. The van der Waals surface area contributed by atoms with Crippen LogP contribution in [-0.4, -0.2) is 56.8 Å². The van der Waals surface area contributed by atoms with E-state index in [1.54, 1.807) is 0 Å². The average molecular weight is 496 g/mol. The van der Waals surface area contributed by atoms with Gasteiger partial charge in [-0.2, -0.15) is 0 Å². The van der Waals surface area contributed by atoms with Crippen molar-refractivity contribution in [3.63, 3.8) is 0 Å². The van der Waals surface area contributed by atoms with Crippen LogP contribution in [0.1, 0.15) is 19.4 Å². The largest absolute Gasteiger partial charge is 0.374 e. The Morgan fingerprint density at radius 1 is 1.18 bits per heavy atom. The molecule has 1 heterocycles. The first-order valence-electron chi connectivity index (χ1n) is 9.90. The molecule has 0 amide bonds. The van der Waals surface area contributed by atoms with Crippen LogP contribution in [0.15, 0.2) is 47.5 Å². The van der Waals surface area contributed by atoms with E-state index in [4.69, 9.17) is 4.74 Å². The van der Waals surface area contributed by atoms with E-state index < -0.39 is 0 Å². The van der Waals surface area contributed by atoms with Gasteiger partial charge in [-0.05, 0) is 28.3 Å². The number of nitrogens with one attached hydrogen (secondary N) is 2. The molecule has 1 saturated heterocycles. The number of hydrogen-bond acceptors (Lipinski definition) is 3. The summed E-state index contributed by atoms with van der Waals surface area (Å²) < 4.78 is 5.91. The molecule has 5 nitrogen and oxygen atoms in total. The minimum Gasteiger partial charge on any atom is -0.374 e. The van der Waals surface area contributed by atoms with Gasteiger partial charge in [0.15, 0.2) is 5.96 Å². The van der Waals surface area contributed by atoms with Gasteiger partial charge >= 0.3 is 0 Å². The summed E-state index contributed by atoms with van der Waals surface area (Å²) in [4.78, 5) is 6.83. The fourth-order valence-corrected chi connectivity index (χ4v) is 3.55. The van der Waals surface area contributed by atoms with Gasteiger partial charge in [0, 0.05) is 39.8 Å². The molecule has 2 N–H and O–H groups in total. The van der Waals surface area contributed by atoms with Crippen molar-refractivity contribution in [2.75, 3.05) is 39.8 Å². The number of morpholine rings is 1. The fraction of sp³-hybridized carbons (Fsp3) is 0.500. The first-order chi connectivity index (χ1) is 13.1. The first-order valence-corrected chi connectivity index (χ1v) is 9.90. The van der Waals surface area contributed by atoms with Crippen LogP contribution in [0.4, 0.5) is 0 Å². The van der Waals surface area contributed by atoms with Crippen molar-refractivity contribution in [1.82, 2.24) is 15.5 Å². The molecule has 1 aliphatic rings. The van der Waals surface area contributed by atoms with E-state index >= 15 is 0 Å². The van der Waals surface area contributed by atoms with Crippen molar-refractivity contribution >= 4 is 40.7 Å².